The number of carbonyl (C=O) groups is 6. The number of para-hydroxylation sites is 1. The molecule has 0 bridgehead atoms. The van der Waals surface area contributed by atoms with Gasteiger partial charge in [-0.1, -0.05) is 45.9 Å². The number of carbonyl (C=O) groups excluding carboxylic acids is 6. The number of hydrazine groups is 1. The number of nitrogens with one attached hydrogen (secondary N) is 6. The Kier molecular flexibility index (Phi) is 17.4. The van der Waals surface area contributed by atoms with Crippen LogP contribution in [-0.2, 0) is 39.9 Å². The fraction of sp³-hybridized carbons (Fsp3) is 0.583. The number of fused-ring (bicyclic) bond motifs is 1. The van der Waals surface area contributed by atoms with Crippen molar-refractivity contribution in [2.45, 2.75) is 116 Å². The number of ether oxygens (including phenoxy) is 1. The molecule has 0 unspecified atom stereocenters. The first kappa shape index (κ1) is 44.9. The lowest BCUT2D eigenvalue weighted by atomic mass is 9.99. The molecule has 1 aromatic carbocycles. The molecule has 14 N–H and O–H groups in total. The number of rotatable bonds is 20. The predicted octanol–water partition coefficient (Wildman–Crippen LogP) is -0.546. The van der Waals surface area contributed by atoms with Gasteiger partial charge in [0.05, 0.1) is 12.5 Å². The van der Waals surface area contributed by atoms with Crippen LogP contribution in [-0.4, -0.2) is 88.8 Å². The standard InChI is InChI=1S/C36H59N11O7/c1-19(2)15-26(33(52)47-40)45-34(53)29(20(3)4)46-31(50)25(13-10-14-41-35(38)39)43-32(51)27(17-28(48)54-36(5,6)7)44-30(49)23(37)16-21-18-42-24-12-9-8-11-22(21)24/h8-9,11-12,18-20,23,25-27,29,42H,10,13-17,37,40H2,1-7H3,(H,43,51)(H,44,49)(H,45,53)(H,46,50)(H,47,52)(H4,38,39,41)/t23-,25+,26+,27-,29-/m1/s1. The van der Waals surface area contributed by atoms with Gasteiger partial charge >= 0.3 is 5.97 Å². The zero-order valence-electron chi connectivity index (χ0n) is 32.3. The minimum absolute atomic E-state index is 0.000473. The number of aromatic nitrogens is 1. The Morgan fingerprint density at radius 3 is 2.04 bits per heavy atom. The summed E-state index contributed by atoms with van der Waals surface area (Å²) in [6.45, 7) is 12.2. The molecule has 0 saturated carbocycles. The summed E-state index contributed by atoms with van der Waals surface area (Å²) in [5.41, 5.74) is 20.0. The molecule has 0 saturated heterocycles. The molecular weight excluding hydrogens is 698 g/mol. The largest absolute Gasteiger partial charge is 0.460 e. The van der Waals surface area contributed by atoms with Gasteiger partial charge in [0.2, 0.25) is 23.6 Å². The van der Waals surface area contributed by atoms with Crippen molar-refractivity contribution >= 4 is 52.4 Å². The van der Waals surface area contributed by atoms with Crippen molar-refractivity contribution in [2.75, 3.05) is 6.54 Å². The van der Waals surface area contributed by atoms with Gasteiger partial charge in [0.1, 0.15) is 29.8 Å². The number of benzene rings is 1. The van der Waals surface area contributed by atoms with E-state index in [9.17, 15) is 28.8 Å². The topological polar surface area (TPSA) is 304 Å². The smallest absolute Gasteiger partial charge is 0.308 e. The van der Waals surface area contributed by atoms with Crippen LogP contribution in [0, 0.1) is 11.8 Å². The molecule has 0 radical (unpaired) electrons. The number of hydrogen-bond donors (Lipinski definition) is 10. The Labute approximate surface area is 316 Å². The molecule has 5 amide bonds. The molecular formula is C36H59N11O7. The van der Waals surface area contributed by atoms with Gasteiger partial charge in [-0.25, -0.2) is 5.84 Å². The lowest BCUT2D eigenvalue weighted by molar-refractivity contribution is -0.156. The van der Waals surface area contributed by atoms with Crippen molar-refractivity contribution in [2.24, 2.45) is 39.9 Å². The van der Waals surface area contributed by atoms with Crippen LogP contribution in [0.2, 0.25) is 0 Å². The zero-order valence-corrected chi connectivity index (χ0v) is 32.3. The maximum Gasteiger partial charge on any atom is 0.308 e. The highest BCUT2D eigenvalue weighted by molar-refractivity contribution is 5.97. The Morgan fingerprint density at radius 1 is 0.833 bits per heavy atom. The van der Waals surface area contributed by atoms with E-state index in [1.165, 1.54) is 0 Å². The summed E-state index contributed by atoms with van der Waals surface area (Å²) in [4.78, 5) is 87.0. The maximum absolute atomic E-state index is 13.9. The molecule has 54 heavy (non-hydrogen) atoms. The molecule has 0 aliphatic heterocycles. The highest BCUT2D eigenvalue weighted by Crippen LogP contribution is 2.19. The molecule has 1 aromatic heterocycles. The monoisotopic (exact) mass is 757 g/mol. The van der Waals surface area contributed by atoms with E-state index in [2.05, 4.69) is 31.2 Å². The number of guanidine groups is 1. The quantitative estimate of drug-likeness (QED) is 0.0156. The Balaban J connectivity index is 2.35. The van der Waals surface area contributed by atoms with Crippen LogP contribution in [0.1, 0.15) is 79.7 Å². The van der Waals surface area contributed by atoms with Crippen LogP contribution in [0.25, 0.3) is 10.9 Å². The highest BCUT2D eigenvalue weighted by Gasteiger charge is 2.34. The number of nitrogens with two attached hydrogens (primary N) is 4. The van der Waals surface area contributed by atoms with E-state index in [4.69, 9.17) is 27.8 Å². The van der Waals surface area contributed by atoms with Crippen LogP contribution in [0.4, 0.5) is 0 Å². The van der Waals surface area contributed by atoms with Crippen LogP contribution >= 0.6 is 0 Å². The minimum Gasteiger partial charge on any atom is -0.460 e. The molecule has 1 heterocycles. The Hall–Kier alpha value is -5.23. The number of H-pyrrole nitrogens is 1. The van der Waals surface area contributed by atoms with Gasteiger partial charge in [-0.3, -0.25) is 39.2 Å². The molecule has 2 aromatic rings. The van der Waals surface area contributed by atoms with E-state index < -0.39 is 83.7 Å². The number of amides is 5. The SMILES string of the molecule is CC(C)C[C@H](NC(=O)[C@H](NC(=O)[C@H](CCCN=C(N)N)NC(=O)[C@@H](CC(=O)OC(C)(C)C)NC(=O)[C@H](N)Cc1c[nH]c2ccccc12)C(C)C)C(=O)NN. The third kappa shape index (κ3) is 15.0. The van der Waals surface area contributed by atoms with E-state index in [0.29, 0.717) is 0 Å². The molecule has 300 valence electrons. The zero-order chi connectivity index (χ0) is 40.7. The first-order chi connectivity index (χ1) is 25.2. The number of aromatic amines is 1. The summed E-state index contributed by atoms with van der Waals surface area (Å²) >= 11 is 0. The summed E-state index contributed by atoms with van der Waals surface area (Å²) in [5, 5.41) is 11.4. The third-order valence-electron chi connectivity index (χ3n) is 8.18. The summed E-state index contributed by atoms with van der Waals surface area (Å²) in [6, 6.07) is 1.52. The first-order valence-electron chi connectivity index (χ1n) is 18.0. The number of nitrogens with zero attached hydrogens (tertiary/aromatic N) is 1. The van der Waals surface area contributed by atoms with Crippen molar-refractivity contribution in [3.63, 3.8) is 0 Å². The summed E-state index contributed by atoms with van der Waals surface area (Å²) < 4.78 is 5.43. The lowest BCUT2D eigenvalue weighted by Crippen LogP contribution is -2.60. The van der Waals surface area contributed by atoms with Crippen molar-refractivity contribution in [3.05, 3.63) is 36.0 Å². The number of hydrogen-bond acceptors (Lipinski definition) is 10. The van der Waals surface area contributed by atoms with Crippen LogP contribution in [0.3, 0.4) is 0 Å². The molecule has 18 heteroatoms. The minimum atomic E-state index is -1.50. The summed E-state index contributed by atoms with van der Waals surface area (Å²) in [5.74, 6) is 0.379. The molecule has 5 atom stereocenters. The fourth-order valence-electron chi connectivity index (χ4n) is 5.57. The van der Waals surface area contributed by atoms with Gasteiger partial charge in [0.25, 0.3) is 5.91 Å². The molecule has 0 fully saturated rings. The number of aliphatic imine (C=N–C) groups is 1. The van der Waals surface area contributed by atoms with E-state index >= 15 is 0 Å². The van der Waals surface area contributed by atoms with Crippen LogP contribution < -0.4 is 49.7 Å². The van der Waals surface area contributed by atoms with Gasteiger partial charge in [-0.15, -0.1) is 0 Å². The molecule has 0 aliphatic rings. The second-order valence-electron chi connectivity index (χ2n) is 15.0. The van der Waals surface area contributed by atoms with Gasteiger partial charge in [0, 0.05) is 23.6 Å². The normalized spacial score (nSPS) is 14.3. The van der Waals surface area contributed by atoms with Gasteiger partial charge in [0.15, 0.2) is 5.96 Å². The van der Waals surface area contributed by atoms with Crippen molar-refractivity contribution in [1.82, 2.24) is 31.7 Å². The Morgan fingerprint density at radius 2 is 1.44 bits per heavy atom. The summed E-state index contributed by atoms with van der Waals surface area (Å²) in [6.07, 6.45) is 1.80. The Bertz CT molecular complexity index is 1630. The molecule has 2 rings (SSSR count). The van der Waals surface area contributed by atoms with Gasteiger partial charge in [-0.2, -0.15) is 0 Å². The molecule has 0 spiro atoms. The maximum atomic E-state index is 13.9. The third-order valence-corrected chi connectivity index (χ3v) is 8.18. The van der Waals surface area contributed by atoms with Gasteiger partial charge in [-0.05, 0) is 69.9 Å². The predicted molar refractivity (Wildman–Crippen MR) is 205 cm³/mol. The van der Waals surface area contributed by atoms with E-state index in [1.54, 1.807) is 40.8 Å². The second-order valence-corrected chi connectivity index (χ2v) is 15.0. The van der Waals surface area contributed by atoms with E-state index in [0.717, 1.165) is 16.5 Å². The lowest BCUT2D eigenvalue weighted by Gasteiger charge is -2.28. The average molecular weight is 758 g/mol. The van der Waals surface area contributed by atoms with Crippen molar-refractivity contribution in [1.29, 1.82) is 0 Å². The molecule has 0 aliphatic carbocycles. The van der Waals surface area contributed by atoms with E-state index in [1.807, 2.05) is 43.5 Å². The van der Waals surface area contributed by atoms with Crippen molar-refractivity contribution in [3.8, 4) is 0 Å². The van der Waals surface area contributed by atoms with Crippen LogP contribution in [0.15, 0.2) is 35.5 Å². The van der Waals surface area contributed by atoms with E-state index in [-0.39, 0.29) is 44.1 Å². The second kappa shape index (κ2) is 20.9. The average Bonchev–Trinajstić information content (AvgIpc) is 3.48. The highest BCUT2D eigenvalue weighted by atomic mass is 16.6. The summed E-state index contributed by atoms with van der Waals surface area (Å²) in [7, 11) is 0. The molecule has 18 nitrogen and oxygen atoms in total. The van der Waals surface area contributed by atoms with Gasteiger partial charge < -0.3 is 48.2 Å². The first-order valence-corrected chi connectivity index (χ1v) is 18.0. The fourth-order valence-corrected chi connectivity index (χ4v) is 5.57. The number of esters is 1. The van der Waals surface area contributed by atoms with Crippen molar-refractivity contribution < 1.29 is 33.5 Å². The van der Waals surface area contributed by atoms with Crippen LogP contribution in [0.5, 0.6) is 0 Å².